The molecule has 0 bridgehead atoms. The molecule has 4 aliphatic rings. The van der Waals surface area contributed by atoms with Crippen LogP contribution < -0.4 is 52.2 Å². The molecule has 0 atom stereocenters. The number of para-hydroxylation sites is 7. The molecule has 5 nitrogen and oxygen atoms in total. The lowest BCUT2D eigenvalue weighted by Crippen LogP contribution is -2.64. The van der Waals surface area contributed by atoms with E-state index in [4.69, 9.17) is 4.74 Å². The maximum absolute atomic E-state index is 7.39. The third-order valence-corrected chi connectivity index (χ3v) is 19.7. The predicted octanol–water partition coefficient (Wildman–Crippen LogP) is 17.0. The average molecular weight is 1110 g/mol. The maximum atomic E-state index is 7.39. The molecule has 13 aromatic carbocycles. The minimum atomic E-state index is -0.204. The molecule has 0 saturated carbocycles. The molecule has 4 aliphatic heterocycles. The zero-order valence-electron chi connectivity index (χ0n) is 46.5. The highest BCUT2D eigenvalue weighted by molar-refractivity contribution is 7.26. The minimum absolute atomic E-state index is 0.162. The molecule has 6 heterocycles. The molecule has 0 aliphatic carbocycles. The Balaban J connectivity index is 1.02. The number of nitrogens with zero attached hydrogens (tertiary/aromatic N) is 4. The highest BCUT2D eigenvalue weighted by Gasteiger charge is 2.49. The van der Waals surface area contributed by atoms with E-state index in [1.54, 1.807) is 0 Å². The van der Waals surface area contributed by atoms with E-state index in [-0.39, 0.29) is 13.4 Å². The molecule has 2 aromatic heterocycles. The molecule has 0 saturated heterocycles. The van der Waals surface area contributed by atoms with Crippen LogP contribution in [0.5, 0.6) is 11.5 Å². The molecule has 8 heteroatoms. The fraction of sp³-hybridized carbons (Fsp3) is 0. The number of fused-ring (bicyclic) bond motifs is 16. The van der Waals surface area contributed by atoms with Crippen molar-refractivity contribution >= 4 is 151 Å². The van der Waals surface area contributed by atoms with Crippen LogP contribution in [-0.2, 0) is 0 Å². The molecule has 0 radical (unpaired) electrons. The first kappa shape index (κ1) is 47.7. The minimum Gasteiger partial charge on any atom is -0.458 e. The molecule has 0 N–H and O–H groups in total. The first-order valence-electron chi connectivity index (χ1n) is 29.6. The van der Waals surface area contributed by atoms with Gasteiger partial charge in [0.15, 0.2) is 0 Å². The number of ether oxygens (including phenoxy) is 1. The van der Waals surface area contributed by atoms with Crippen molar-refractivity contribution < 1.29 is 4.74 Å². The summed E-state index contributed by atoms with van der Waals surface area (Å²) in [5, 5.41) is 4.81. The monoisotopic (exact) mass is 1110 g/mol. The topological polar surface area (TPSA) is 23.9 Å². The van der Waals surface area contributed by atoms with Crippen LogP contribution in [-0.4, -0.2) is 18.0 Å². The van der Waals surface area contributed by atoms with Gasteiger partial charge in [0.1, 0.15) is 11.5 Å². The normalized spacial score (nSPS) is 13.3. The Morgan fingerprint density at radius 1 is 0.314 bits per heavy atom. The van der Waals surface area contributed by atoms with Crippen LogP contribution in [0.25, 0.3) is 69.9 Å². The summed E-state index contributed by atoms with van der Waals surface area (Å²) in [4.78, 5) is 7.83. The third-order valence-electron chi connectivity index (χ3n) is 18.6. The van der Waals surface area contributed by atoms with Crippen LogP contribution in [0.2, 0.25) is 0 Å². The number of aromatic nitrogens is 1. The highest BCUT2D eigenvalue weighted by Crippen LogP contribution is 2.55. The first-order valence-corrected chi connectivity index (χ1v) is 30.5. The summed E-state index contributed by atoms with van der Waals surface area (Å²) in [6, 6.07) is 108. The number of rotatable bonds is 6. The summed E-state index contributed by atoms with van der Waals surface area (Å²) in [5.74, 6) is 1.84. The van der Waals surface area contributed by atoms with Crippen LogP contribution in [0.3, 0.4) is 0 Å². The van der Waals surface area contributed by atoms with Crippen molar-refractivity contribution in [1.82, 2.24) is 4.57 Å². The Hall–Kier alpha value is -10.8. The summed E-state index contributed by atoms with van der Waals surface area (Å²) in [5.41, 5.74) is 25.5. The van der Waals surface area contributed by atoms with Crippen LogP contribution >= 0.6 is 11.3 Å². The van der Waals surface area contributed by atoms with E-state index >= 15 is 0 Å². The lowest BCUT2D eigenvalue weighted by molar-refractivity contribution is 0.493. The molecule has 19 rings (SSSR count). The fourth-order valence-corrected chi connectivity index (χ4v) is 16.3. The lowest BCUT2D eigenvalue weighted by Gasteiger charge is -2.47. The fourth-order valence-electron chi connectivity index (χ4n) is 15.2. The number of hydrogen-bond donors (Lipinski definition) is 0. The van der Waals surface area contributed by atoms with Crippen LogP contribution in [0, 0.1) is 0 Å². The van der Waals surface area contributed by atoms with Gasteiger partial charge in [-0.1, -0.05) is 212 Å². The van der Waals surface area contributed by atoms with Gasteiger partial charge in [0.25, 0.3) is 13.4 Å². The van der Waals surface area contributed by atoms with Crippen molar-refractivity contribution in [3.8, 4) is 39.4 Å². The van der Waals surface area contributed by atoms with Crippen molar-refractivity contribution in [2.45, 2.75) is 0 Å². The largest absolute Gasteiger partial charge is 0.458 e. The smallest absolute Gasteiger partial charge is 0.256 e. The van der Waals surface area contributed by atoms with Crippen LogP contribution in [0.1, 0.15) is 0 Å². The first-order chi connectivity index (χ1) is 42.7. The van der Waals surface area contributed by atoms with Gasteiger partial charge in [-0.2, -0.15) is 0 Å². The number of anilines is 9. The van der Waals surface area contributed by atoms with Crippen LogP contribution in [0.4, 0.5) is 51.2 Å². The second-order valence-corrected chi connectivity index (χ2v) is 24.1. The Kier molecular flexibility index (Phi) is 10.2. The summed E-state index contributed by atoms with van der Waals surface area (Å²) in [6.07, 6.45) is 0. The van der Waals surface area contributed by atoms with Crippen molar-refractivity contribution in [2.24, 2.45) is 0 Å². The summed E-state index contributed by atoms with van der Waals surface area (Å²) in [6.45, 7) is -0.366. The Morgan fingerprint density at radius 2 is 0.860 bits per heavy atom. The van der Waals surface area contributed by atoms with Crippen LogP contribution in [0.15, 0.2) is 291 Å². The second-order valence-electron chi connectivity index (χ2n) is 23.0. The van der Waals surface area contributed by atoms with Gasteiger partial charge in [0, 0.05) is 87.6 Å². The van der Waals surface area contributed by atoms with Gasteiger partial charge < -0.3 is 24.0 Å². The number of hydrogen-bond acceptors (Lipinski definition) is 5. The van der Waals surface area contributed by atoms with Gasteiger partial charge in [-0.25, -0.2) is 0 Å². The summed E-state index contributed by atoms with van der Waals surface area (Å²) in [7, 11) is 0. The van der Waals surface area contributed by atoms with E-state index in [1.807, 2.05) is 11.3 Å². The number of thiophene rings is 1. The quantitative estimate of drug-likeness (QED) is 0.155. The van der Waals surface area contributed by atoms with E-state index in [9.17, 15) is 0 Å². The molecule has 0 fully saturated rings. The second kappa shape index (κ2) is 18.4. The van der Waals surface area contributed by atoms with Crippen molar-refractivity contribution in [3.63, 3.8) is 0 Å². The Bertz CT molecular complexity index is 5250. The average Bonchev–Trinajstić information content (AvgIpc) is 1.12. The highest BCUT2D eigenvalue weighted by atomic mass is 32.1. The molecule has 86 heavy (non-hydrogen) atoms. The molecule has 15 aromatic rings. The van der Waals surface area contributed by atoms with Crippen molar-refractivity contribution in [3.05, 3.63) is 291 Å². The zero-order chi connectivity index (χ0) is 56.1. The Morgan fingerprint density at radius 3 is 1.57 bits per heavy atom. The zero-order valence-corrected chi connectivity index (χ0v) is 47.3. The molecule has 398 valence electrons. The maximum Gasteiger partial charge on any atom is 0.256 e. The molecule has 0 spiro atoms. The van der Waals surface area contributed by atoms with Crippen molar-refractivity contribution in [2.75, 3.05) is 14.7 Å². The lowest BCUT2D eigenvalue weighted by atomic mass is 9.30. The van der Waals surface area contributed by atoms with Gasteiger partial charge in [0.2, 0.25) is 0 Å². The van der Waals surface area contributed by atoms with E-state index in [0.717, 1.165) is 90.3 Å². The van der Waals surface area contributed by atoms with E-state index < -0.39 is 0 Å². The summed E-state index contributed by atoms with van der Waals surface area (Å²) < 4.78 is 12.3. The van der Waals surface area contributed by atoms with Gasteiger partial charge in [-0.15, -0.1) is 11.3 Å². The van der Waals surface area contributed by atoms with Gasteiger partial charge >= 0.3 is 0 Å². The predicted molar refractivity (Wildman–Crippen MR) is 364 cm³/mol. The summed E-state index contributed by atoms with van der Waals surface area (Å²) >= 11 is 1.84. The standard InChI is InChI=1S/C78H48B2N4OS/c1-6-25-49(26-7-1)54-37-24-38-55(50-27-8-2-9-28-50)76(54)84-65-46-64-60(80-59-40-19-22-43-69(59)85-78-73-57-36-17-23-44-70(57)86-71(73)48-68(75(78)80)82(64)52-31-12-4-13-32-52)45-61(65)79-58-39-18-21-42-63(58)83(53-33-14-5-15-34-53)77-72-56-35-16-20-41-62(56)81(51-29-10-3-11-30-51)66(72)47-67(84)74(77)79/h1-48H. The Labute approximate surface area is 502 Å². The number of benzene rings is 13. The van der Waals surface area contributed by atoms with Gasteiger partial charge in [-0.05, 0) is 123 Å². The van der Waals surface area contributed by atoms with E-state index in [0.29, 0.717) is 0 Å². The molecular weight excluding hydrogens is 1060 g/mol. The SMILES string of the molecule is c1ccc(-c2cccc(-c3ccccc3)c2N2c3cc4c(cc3B3c5ccccc5N(c5ccccc5)c5c3c2cc2c5c3ccccc3n2-c2ccccc2)B2c3ccccc3Oc3c2c(cc2sc5ccccc5c32)N4c2ccccc2)cc1. The van der Waals surface area contributed by atoms with Gasteiger partial charge in [-0.3, -0.25) is 0 Å². The third kappa shape index (κ3) is 6.67. The molecular formula is C78H48B2N4OS. The van der Waals surface area contributed by atoms with E-state index in [2.05, 4.69) is 310 Å². The van der Waals surface area contributed by atoms with Gasteiger partial charge in [0.05, 0.1) is 22.4 Å². The van der Waals surface area contributed by atoms with Crippen molar-refractivity contribution in [1.29, 1.82) is 0 Å². The molecule has 0 amide bonds. The molecule has 0 unspecified atom stereocenters. The van der Waals surface area contributed by atoms with E-state index in [1.165, 1.54) is 75.1 Å².